The van der Waals surface area contributed by atoms with Crippen molar-refractivity contribution in [3.8, 4) is 0 Å². The maximum atomic E-state index is 9.56. The largest absolute Gasteiger partial charge is 0.391 e. The number of rotatable bonds is 2. The number of hydrogen-bond donors (Lipinski definition) is 2. The molecule has 1 rings (SSSR count). The van der Waals surface area contributed by atoms with E-state index in [-0.39, 0.29) is 11.6 Å². The van der Waals surface area contributed by atoms with Gasteiger partial charge >= 0.3 is 0 Å². The van der Waals surface area contributed by atoms with E-state index in [0.29, 0.717) is 5.92 Å². The van der Waals surface area contributed by atoms with Crippen LogP contribution >= 0.6 is 0 Å². The van der Waals surface area contributed by atoms with Crippen LogP contribution in [0.2, 0.25) is 0 Å². The Bertz CT molecular complexity index is 136. The number of nitrogens with one attached hydrogen (secondary N) is 1. The van der Waals surface area contributed by atoms with Crippen molar-refractivity contribution in [3.05, 3.63) is 0 Å². The third-order valence-electron chi connectivity index (χ3n) is 2.95. The summed E-state index contributed by atoms with van der Waals surface area (Å²) < 4.78 is 0. The number of aliphatic hydroxyl groups excluding tert-OH is 1. The molecule has 0 aliphatic carbocycles. The van der Waals surface area contributed by atoms with Crippen molar-refractivity contribution in [2.24, 2.45) is 5.92 Å². The fraction of sp³-hybridized carbons (Fsp3) is 1.00. The highest BCUT2D eigenvalue weighted by molar-refractivity contribution is 4.98. The molecule has 3 atom stereocenters. The lowest BCUT2D eigenvalue weighted by Gasteiger charge is -2.31. The van der Waals surface area contributed by atoms with Gasteiger partial charge in [-0.2, -0.15) is 0 Å². The highest BCUT2D eigenvalue weighted by Crippen LogP contribution is 2.29. The van der Waals surface area contributed by atoms with E-state index >= 15 is 0 Å². The van der Waals surface area contributed by atoms with Crippen LogP contribution in [0.1, 0.15) is 33.6 Å². The van der Waals surface area contributed by atoms with Gasteiger partial charge in [0, 0.05) is 5.54 Å². The summed E-state index contributed by atoms with van der Waals surface area (Å²) in [6, 6.07) is 0. The molecule has 0 aromatic rings. The van der Waals surface area contributed by atoms with Gasteiger partial charge in [0.2, 0.25) is 0 Å². The molecule has 0 saturated carbocycles. The van der Waals surface area contributed by atoms with Crippen molar-refractivity contribution < 1.29 is 5.11 Å². The van der Waals surface area contributed by atoms with Gasteiger partial charge in [-0.25, -0.2) is 0 Å². The Morgan fingerprint density at radius 1 is 1.73 bits per heavy atom. The number of hydrogen-bond acceptors (Lipinski definition) is 2. The molecule has 11 heavy (non-hydrogen) atoms. The molecular weight excluding hydrogens is 138 g/mol. The molecule has 1 aliphatic rings. The minimum Gasteiger partial charge on any atom is -0.391 e. The first-order chi connectivity index (χ1) is 5.10. The van der Waals surface area contributed by atoms with Crippen molar-refractivity contribution in [3.63, 3.8) is 0 Å². The zero-order valence-corrected chi connectivity index (χ0v) is 7.72. The molecule has 2 unspecified atom stereocenters. The molecule has 0 bridgehead atoms. The van der Waals surface area contributed by atoms with Crippen LogP contribution in [-0.4, -0.2) is 23.3 Å². The maximum absolute atomic E-state index is 9.56. The Morgan fingerprint density at radius 2 is 2.36 bits per heavy atom. The third-order valence-corrected chi connectivity index (χ3v) is 2.95. The maximum Gasteiger partial charge on any atom is 0.0693 e. The van der Waals surface area contributed by atoms with E-state index in [1.165, 1.54) is 0 Å². The average Bonchev–Trinajstić information content (AvgIpc) is 2.33. The quantitative estimate of drug-likeness (QED) is 0.630. The Balaban J connectivity index is 2.62. The lowest BCUT2D eigenvalue weighted by Crippen LogP contribution is -2.48. The zero-order chi connectivity index (χ0) is 8.48. The monoisotopic (exact) mass is 157 g/mol. The van der Waals surface area contributed by atoms with Gasteiger partial charge in [-0.3, -0.25) is 0 Å². The van der Waals surface area contributed by atoms with Crippen molar-refractivity contribution in [1.29, 1.82) is 0 Å². The van der Waals surface area contributed by atoms with Gasteiger partial charge in [0.15, 0.2) is 0 Å². The predicted octanol–water partition coefficient (Wildman–Crippen LogP) is 1.15. The summed E-state index contributed by atoms with van der Waals surface area (Å²) in [5.74, 6) is 0.713. The van der Waals surface area contributed by atoms with E-state index in [1.54, 1.807) is 0 Å². The highest BCUT2D eigenvalue weighted by Gasteiger charge is 2.39. The van der Waals surface area contributed by atoms with Crippen LogP contribution in [0.5, 0.6) is 0 Å². The van der Waals surface area contributed by atoms with E-state index in [1.807, 2.05) is 6.92 Å². The normalized spacial score (nSPS) is 40.9. The van der Waals surface area contributed by atoms with Crippen molar-refractivity contribution in [2.45, 2.75) is 45.3 Å². The second kappa shape index (κ2) is 3.11. The molecule has 1 saturated heterocycles. The first-order valence-corrected chi connectivity index (χ1v) is 4.54. The fourth-order valence-corrected chi connectivity index (χ4v) is 2.03. The molecule has 2 nitrogen and oxygen atoms in total. The summed E-state index contributed by atoms with van der Waals surface area (Å²) in [5, 5.41) is 13.0. The van der Waals surface area contributed by atoms with Crippen LogP contribution in [0.3, 0.4) is 0 Å². The highest BCUT2D eigenvalue weighted by atomic mass is 16.3. The van der Waals surface area contributed by atoms with Crippen LogP contribution in [0.25, 0.3) is 0 Å². The molecule has 66 valence electrons. The average molecular weight is 157 g/mol. The summed E-state index contributed by atoms with van der Waals surface area (Å²) in [7, 11) is 0. The first-order valence-electron chi connectivity index (χ1n) is 4.54. The van der Waals surface area contributed by atoms with Crippen molar-refractivity contribution >= 4 is 0 Å². The van der Waals surface area contributed by atoms with E-state index in [9.17, 15) is 5.11 Å². The molecule has 2 heteroatoms. The third kappa shape index (κ3) is 1.57. The molecule has 1 fully saturated rings. The standard InChI is InChI=1S/C9H19NO/c1-4-9(8(3)11)5-7(2)6-10-9/h7-8,10-11H,4-6H2,1-3H3/t7?,8-,9?/m1/s1. The topological polar surface area (TPSA) is 32.3 Å². The molecule has 1 heterocycles. The van der Waals surface area contributed by atoms with Crippen molar-refractivity contribution in [2.75, 3.05) is 6.54 Å². The number of aliphatic hydroxyl groups is 1. The summed E-state index contributed by atoms with van der Waals surface area (Å²) in [5.41, 5.74) is 0.0133. The Hall–Kier alpha value is -0.0800. The SMILES string of the molecule is CCC1([C@@H](C)O)CC(C)CN1. The summed E-state index contributed by atoms with van der Waals surface area (Å²) in [4.78, 5) is 0. The van der Waals surface area contributed by atoms with Gasteiger partial charge in [0.25, 0.3) is 0 Å². The molecule has 0 aromatic carbocycles. The van der Waals surface area contributed by atoms with Gasteiger partial charge in [-0.1, -0.05) is 13.8 Å². The van der Waals surface area contributed by atoms with Gasteiger partial charge in [0.05, 0.1) is 6.10 Å². The van der Waals surface area contributed by atoms with Crippen LogP contribution in [0, 0.1) is 5.92 Å². The summed E-state index contributed by atoms with van der Waals surface area (Å²) in [6.45, 7) is 7.30. The summed E-state index contributed by atoms with van der Waals surface area (Å²) >= 11 is 0. The molecule has 2 N–H and O–H groups in total. The molecular formula is C9H19NO. The zero-order valence-electron chi connectivity index (χ0n) is 7.72. The van der Waals surface area contributed by atoms with Gasteiger partial charge in [-0.15, -0.1) is 0 Å². The minimum atomic E-state index is -0.225. The second-order valence-electron chi connectivity index (χ2n) is 3.88. The lowest BCUT2D eigenvalue weighted by molar-refractivity contribution is 0.0818. The van der Waals surface area contributed by atoms with Crippen LogP contribution in [0.15, 0.2) is 0 Å². The Morgan fingerprint density at radius 3 is 2.55 bits per heavy atom. The van der Waals surface area contributed by atoms with E-state index in [2.05, 4.69) is 19.2 Å². The fourth-order valence-electron chi connectivity index (χ4n) is 2.03. The van der Waals surface area contributed by atoms with Crippen LogP contribution in [-0.2, 0) is 0 Å². The van der Waals surface area contributed by atoms with Gasteiger partial charge in [0.1, 0.15) is 0 Å². The predicted molar refractivity (Wildman–Crippen MR) is 46.5 cm³/mol. The molecule has 0 amide bonds. The van der Waals surface area contributed by atoms with Crippen LogP contribution < -0.4 is 5.32 Å². The molecule has 0 aromatic heterocycles. The Labute approximate surface area is 69.0 Å². The first kappa shape index (κ1) is 9.01. The molecule has 0 radical (unpaired) electrons. The minimum absolute atomic E-state index is 0.0133. The lowest BCUT2D eigenvalue weighted by atomic mass is 9.86. The molecule has 0 spiro atoms. The molecule has 1 aliphatic heterocycles. The van der Waals surface area contributed by atoms with E-state index in [4.69, 9.17) is 0 Å². The van der Waals surface area contributed by atoms with Gasteiger partial charge in [-0.05, 0) is 32.2 Å². The smallest absolute Gasteiger partial charge is 0.0693 e. The van der Waals surface area contributed by atoms with E-state index in [0.717, 1.165) is 19.4 Å². The van der Waals surface area contributed by atoms with Crippen molar-refractivity contribution in [1.82, 2.24) is 5.32 Å². The Kier molecular flexibility index (Phi) is 2.55. The van der Waals surface area contributed by atoms with E-state index < -0.39 is 0 Å². The summed E-state index contributed by atoms with van der Waals surface area (Å²) in [6.07, 6.45) is 1.91. The van der Waals surface area contributed by atoms with Gasteiger partial charge < -0.3 is 10.4 Å². The second-order valence-corrected chi connectivity index (χ2v) is 3.88. The van der Waals surface area contributed by atoms with Crippen LogP contribution in [0.4, 0.5) is 0 Å².